The highest BCUT2D eigenvalue weighted by Gasteiger charge is 2.35. The maximum Gasteiger partial charge on any atom is 0.243 e. The molecule has 1 unspecified atom stereocenters. The lowest BCUT2D eigenvalue weighted by atomic mass is 9.86. The van der Waals surface area contributed by atoms with Crippen LogP contribution in [0.2, 0.25) is 0 Å². The third-order valence-corrected chi connectivity index (χ3v) is 7.20. The van der Waals surface area contributed by atoms with Crippen LogP contribution < -0.4 is 10.2 Å². The van der Waals surface area contributed by atoms with Crippen molar-refractivity contribution in [1.82, 2.24) is 5.32 Å². The summed E-state index contributed by atoms with van der Waals surface area (Å²) in [4.78, 5) is 29.1. The lowest BCUT2D eigenvalue weighted by molar-refractivity contribution is -0.126. The fourth-order valence-electron chi connectivity index (χ4n) is 4.36. The standard InChI is InChI=1S/C24H36N2O2S/c1-5-19(23(28)25-18-11-9-7-6-8-10-12-18)26-20-15-17(24(2,3)4)13-14-21(20)29-16-22(26)27/h13-15,18-19H,5-12,16H2,1-4H3,(H,25,28). The molecule has 1 N–H and O–H groups in total. The molecular formula is C24H36N2O2S. The van der Waals surface area contributed by atoms with Gasteiger partial charge in [0.05, 0.1) is 11.4 Å². The first-order valence-electron chi connectivity index (χ1n) is 11.2. The first-order chi connectivity index (χ1) is 13.8. The van der Waals surface area contributed by atoms with Gasteiger partial charge in [-0.05, 0) is 42.4 Å². The SMILES string of the molecule is CCC(C(=O)NC1CCCCCCC1)N1C(=O)CSc2ccc(C(C)(C)C)cc21. The highest BCUT2D eigenvalue weighted by Crippen LogP contribution is 2.39. The van der Waals surface area contributed by atoms with Gasteiger partial charge in [-0.1, -0.05) is 65.9 Å². The maximum absolute atomic E-state index is 13.3. The van der Waals surface area contributed by atoms with E-state index in [0.29, 0.717) is 12.2 Å². The van der Waals surface area contributed by atoms with E-state index in [2.05, 4.69) is 44.3 Å². The van der Waals surface area contributed by atoms with Crippen molar-refractivity contribution in [2.75, 3.05) is 10.7 Å². The van der Waals surface area contributed by atoms with E-state index in [1.807, 2.05) is 6.92 Å². The van der Waals surface area contributed by atoms with Crippen molar-refractivity contribution in [3.63, 3.8) is 0 Å². The number of hydrogen-bond acceptors (Lipinski definition) is 3. The van der Waals surface area contributed by atoms with E-state index in [9.17, 15) is 9.59 Å². The molecule has 4 nitrogen and oxygen atoms in total. The second-order valence-electron chi connectivity index (χ2n) is 9.46. The molecule has 0 saturated heterocycles. The van der Waals surface area contributed by atoms with Crippen molar-refractivity contribution in [2.24, 2.45) is 0 Å². The number of anilines is 1. The zero-order chi connectivity index (χ0) is 21.0. The zero-order valence-electron chi connectivity index (χ0n) is 18.4. The van der Waals surface area contributed by atoms with Crippen molar-refractivity contribution in [3.8, 4) is 0 Å². The molecule has 0 radical (unpaired) electrons. The van der Waals surface area contributed by atoms with Gasteiger partial charge in [0.1, 0.15) is 6.04 Å². The number of carbonyl (C=O) groups excluding carboxylic acids is 2. The van der Waals surface area contributed by atoms with Gasteiger partial charge in [0.25, 0.3) is 0 Å². The minimum atomic E-state index is -0.442. The van der Waals surface area contributed by atoms with E-state index in [1.165, 1.54) is 37.7 Å². The molecule has 1 fully saturated rings. The van der Waals surface area contributed by atoms with Crippen LogP contribution in [-0.4, -0.2) is 29.7 Å². The summed E-state index contributed by atoms with van der Waals surface area (Å²) in [7, 11) is 0. The maximum atomic E-state index is 13.3. The van der Waals surface area contributed by atoms with Crippen LogP contribution in [-0.2, 0) is 15.0 Å². The van der Waals surface area contributed by atoms with Crippen LogP contribution in [0.15, 0.2) is 23.1 Å². The molecule has 1 aromatic carbocycles. The summed E-state index contributed by atoms with van der Waals surface area (Å²) in [5.41, 5.74) is 2.08. The molecule has 5 heteroatoms. The van der Waals surface area contributed by atoms with E-state index < -0.39 is 6.04 Å². The van der Waals surface area contributed by atoms with Crippen LogP contribution in [0.5, 0.6) is 0 Å². The van der Waals surface area contributed by atoms with Gasteiger partial charge in [0.15, 0.2) is 0 Å². The number of carbonyl (C=O) groups is 2. The van der Waals surface area contributed by atoms with Crippen LogP contribution in [0.25, 0.3) is 0 Å². The Morgan fingerprint density at radius 1 is 1.17 bits per heavy atom. The van der Waals surface area contributed by atoms with Gasteiger partial charge in [0.2, 0.25) is 11.8 Å². The lowest BCUT2D eigenvalue weighted by Gasteiger charge is -2.36. The Morgan fingerprint density at radius 2 is 1.83 bits per heavy atom. The van der Waals surface area contributed by atoms with Crippen molar-refractivity contribution >= 4 is 29.3 Å². The van der Waals surface area contributed by atoms with Crippen LogP contribution in [0.3, 0.4) is 0 Å². The summed E-state index contributed by atoms with van der Waals surface area (Å²) in [6.45, 7) is 8.53. The van der Waals surface area contributed by atoms with Crippen LogP contribution in [0, 0.1) is 0 Å². The number of nitrogens with zero attached hydrogens (tertiary/aromatic N) is 1. The van der Waals surface area contributed by atoms with Crippen LogP contribution >= 0.6 is 11.8 Å². The largest absolute Gasteiger partial charge is 0.352 e. The van der Waals surface area contributed by atoms with Crippen LogP contribution in [0.1, 0.15) is 84.6 Å². The Labute approximate surface area is 180 Å². The normalized spacial score (nSPS) is 19.9. The van der Waals surface area contributed by atoms with E-state index in [4.69, 9.17) is 0 Å². The predicted molar refractivity (Wildman–Crippen MR) is 122 cm³/mol. The molecule has 1 atom stereocenters. The van der Waals surface area contributed by atoms with Gasteiger partial charge < -0.3 is 5.32 Å². The summed E-state index contributed by atoms with van der Waals surface area (Å²) in [5, 5.41) is 3.29. The molecule has 1 heterocycles. The summed E-state index contributed by atoms with van der Waals surface area (Å²) in [5.74, 6) is 0.438. The van der Waals surface area contributed by atoms with Crippen molar-refractivity contribution < 1.29 is 9.59 Å². The predicted octanol–water partition coefficient (Wildman–Crippen LogP) is 5.43. The van der Waals surface area contributed by atoms with Gasteiger partial charge in [0, 0.05) is 10.9 Å². The Kier molecular flexibility index (Phi) is 7.31. The molecule has 1 saturated carbocycles. The Morgan fingerprint density at radius 3 is 2.45 bits per heavy atom. The molecular weight excluding hydrogens is 380 g/mol. The van der Waals surface area contributed by atoms with E-state index >= 15 is 0 Å². The summed E-state index contributed by atoms with van der Waals surface area (Å²) in [6, 6.07) is 6.18. The van der Waals surface area contributed by atoms with Crippen LogP contribution in [0.4, 0.5) is 5.69 Å². The van der Waals surface area contributed by atoms with Gasteiger partial charge in [-0.15, -0.1) is 11.8 Å². The first kappa shape index (κ1) is 22.2. The molecule has 160 valence electrons. The van der Waals surface area contributed by atoms with Crippen molar-refractivity contribution in [3.05, 3.63) is 23.8 Å². The van der Waals surface area contributed by atoms with E-state index in [-0.39, 0.29) is 23.3 Å². The van der Waals surface area contributed by atoms with Crippen molar-refractivity contribution in [2.45, 2.75) is 101 Å². The molecule has 1 aliphatic heterocycles. The number of nitrogens with one attached hydrogen (secondary N) is 1. The average molecular weight is 417 g/mol. The quantitative estimate of drug-likeness (QED) is 0.712. The lowest BCUT2D eigenvalue weighted by Crippen LogP contribution is -2.53. The summed E-state index contributed by atoms with van der Waals surface area (Å²) < 4.78 is 0. The number of amides is 2. The molecule has 0 spiro atoms. The monoisotopic (exact) mass is 416 g/mol. The molecule has 1 aliphatic carbocycles. The van der Waals surface area contributed by atoms with E-state index in [0.717, 1.165) is 23.4 Å². The van der Waals surface area contributed by atoms with Gasteiger partial charge >= 0.3 is 0 Å². The molecule has 3 rings (SSSR count). The minimum absolute atomic E-state index is 0.00503. The molecule has 2 amide bonds. The fourth-order valence-corrected chi connectivity index (χ4v) is 5.25. The molecule has 1 aromatic rings. The smallest absolute Gasteiger partial charge is 0.243 e. The molecule has 0 aromatic heterocycles. The van der Waals surface area contributed by atoms with Gasteiger partial charge in [-0.2, -0.15) is 0 Å². The fraction of sp³-hybridized carbons (Fsp3) is 0.667. The average Bonchev–Trinajstić information content (AvgIpc) is 2.65. The number of rotatable bonds is 4. The third-order valence-electron chi connectivity index (χ3n) is 6.16. The molecule has 0 bridgehead atoms. The highest BCUT2D eigenvalue weighted by molar-refractivity contribution is 8.00. The first-order valence-corrected chi connectivity index (χ1v) is 12.2. The Balaban J connectivity index is 1.84. The van der Waals surface area contributed by atoms with Gasteiger partial charge in [-0.25, -0.2) is 0 Å². The van der Waals surface area contributed by atoms with Gasteiger partial charge in [-0.3, -0.25) is 14.5 Å². The Bertz CT molecular complexity index is 733. The minimum Gasteiger partial charge on any atom is -0.352 e. The highest BCUT2D eigenvalue weighted by atomic mass is 32.2. The molecule has 29 heavy (non-hydrogen) atoms. The number of hydrogen-bond donors (Lipinski definition) is 1. The number of fused-ring (bicyclic) bond motifs is 1. The second kappa shape index (κ2) is 9.55. The van der Waals surface area contributed by atoms with Crippen molar-refractivity contribution in [1.29, 1.82) is 0 Å². The molecule has 2 aliphatic rings. The number of benzene rings is 1. The Hall–Kier alpha value is -1.49. The third kappa shape index (κ3) is 5.36. The van der Waals surface area contributed by atoms with E-state index in [1.54, 1.807) is 16.7 Å². The summed E-state index contributed by atoms with van der Waals surface area (Å²) in [6.07, 6.45) is 8.91. The zero-order valence-corrected chi connectivity index (χ0v) is 19.2. The summed E-state index contributed by atoms with van der Waals surface area (Å²) >= 11 is 1.58. The number of thioether (sulfide) groups is 1. The second-order valence-corrected chi connectivity index (χ2v) is 10.5. The topological polar surface area (TPSA) is 49.4 Å².